The molecule has 0 aliphatic heterocycles. The molecule has 10 nitrogen and oxygen atoms in total. The minimum absolute atomic E-state index is 0.178. The predicted octanol–water partition coefficient (Wildman–Crippen LogP) is 11.9. The van der Waals surface area contributed by atoms with Crippen molar-refractivity contribution < 1.29 is 47.8 Å². The first kappa shape index (κ1) is 54.2. The third-order valence-electron chi connectivity index (χ3n) is 9.52. The fourth-order valence-electron chi connectivity index (χ4n) is 6.02. The molecule has 3 N–H and O–H groups in total. The third-order valence-corrected chi connectivity index (χ3v) is 10.5. The fourth-order valence-corrected chi connectivity index (χ4v) is 6.81. The quantitative estimate of drug-likeness (QED) is 0.0235. The van der Waals surface area contributed by atoms with Gasteiger partial charge in [0.25, 0.3) is 0 Å². The fraction of sp³-hybridized carbons (Fsp3) is 0.822. The molecule has 0 heterocycles. The SMILES string of the molecule is CCCCC/C=C/C/C=C/CCCCCCCCCCCC(=O)O[C@H](COC(=O)CCCCCCC/C=C/CCCCCCC)COP(=O)(O)OC[C@@H](O)CO. The van der Waals surface area contributed by atoms with Crippen molar-refractivity contribution in [1.29, 1.82) is 0 Å². The van der Waals surface area contributed by atoms with E-state index in [-0.39, 0.29) is 19.4 Å². The number of rotatable bonds is 42. The van der Waals surface area contributed by atoms with Gasteiger partial charge >= 0.3 is 19.8 Å². The summed E-state index contributed by atoms with van der Waals surface area (Å²) in [5.74, 6) is -0.936. The van der Waals surface area contributed by atoms with Crippen LogP contribution in [0.2, 0.25) is 0 Å². The number of hydrogen-bond donors (Lipinski definition) is 3. The van der Waals surface area contributed by atoms with E-state index in [9.17, 15) is 24.2 Å². The number of ether oxygens (including phenoxy) is 2. The zero-order valence-electron chi connectivity index (χ0n) is 35.6. The summed E-state index contributed by atoms with van der Waals surface area (Å²) in [5.41, 5.74) is 0. The summed E-state index contributed by atoms with van der Waals surface area (Å²) in [7, 11) is -4.62. The Labute approximate surface area is 341 Å². The maximum absolute atomic E-state index is 12.6. The van der Waals surface area contributed by atoms with Gasteiger partial charge in [-0.3, -0.25) is 18.6 Å². The molecule has 0 radical (unpaired) electrons. The number of carbonyl (C=O) groups is 2. The Kier molecular flexibility index (Phi) is 40.0. The normalized spacial score (nSPS) is 14.2. The Morgan fingerprint density at radius 3 is 1.43 bits per heavy atom. The van der Waals surface area contributed by atoms with Gasteiger partial charge in [0.2, 0.25) is 0 Å². The highest BCUT2D eigenvalue weighted by Crippen LogP contribution is 2.43. The summed E-state index contributed by atoms with van der Waals surface area (Å²) in [6.07, 6.45) is 42.5. The Morgan fingerprint density at radius 1 is 0.536 bits per heavy atom. The van der Waals surface area contributed by atoms with Crippen LogP contribution in [0.25, 0.3) is 0 Å². The van der Waals surface area contributed by atoms with Gasteiger partial charge in [-0.15, -0.1) is 0 Å². The van der Waals surface area contributed by atoms with Crippen LogP contribution >= 0.6 is 7.82 Å². The van der Waals surface area contributed by atoms with Crippen LogP contribution < -0.4 is 0 Å². The molecule has 0 saturated heterocycles. The van der Waals surface area contributed by atoms with Crippen LogP contribution in [-0.4, -0.2) is 65.7 Å². The lowest BCUT2D eigenvalue weighted by atomic mass is 10.1. The molecule has 0 spiro atoms. The number of aliphatic hydroxyl groups is 2. The maximum atomic E-state index is 12.6. The molecular formula is C45H83O10P. The molecule has 0 amide bonds. The third kappa shape index (κ3) is 40.4. The minimum atomic E-state index is -4.62. The zero-order chi connectivity index (χ0) is 41.2. The molecule has 328 valence electrons. The lowest BCUT2D eigenvalue weighted by Gasteiger charge is -2.20. The van der Waals surface area contributed by atoms with Gasteiger partial charge in [-0.05, 0) is 70.6 Å². The van der Waals surface area contributed by atoms with Crippen molar-refractivity contribution in [3.8, 4) is 0 Å². The van der Waals surface area contributed by atoms with Crippen molar-refractivity contribution >= 4 is 19.8 Å². The second-order valence-electron chi connectivity index (χ2n) is 15.1. The predicted molar refractivity (Wildman–Crippen MR) is 228 cm³/mol. The molecule has 0 aromatic heterocycles. The topological polar surface area (TPSA) is 149 Å². The van der Waals surface area contributed by atoms with E-state index in [1.807, 2.05) is 0 Å². The van der Waals surface area contributed by atoms with E-state index >= 15 is 0 Å². The monoisotopic (exact) mass is 815 g/mol. The molecule has 0 bridgehead atoms. The molecule has 0 fully saturated rings. The molecule has 0 aliphatic carbocycles. The summed E-state index contributed by atoms with van der Waals surface area (Å²) in [6.45, 7) is 2.34. The van der Waals surface area contributed by atoms with E-state index in [4.69, 9.17) is 23.6 Å². The van der Waals surface area contributed by atoms with Crippen molar-refractivity contribution in [3.63, 3.8) is 0 Å². The average Bonchev–Trinajstić information content (AvgIpc) is 3.19. The summed E-state index contributed by atoms with van der Waals surface area (Å²) in [4.78, 5) is 35.0. The van der Waals surface area contributed by atoms with Gasteiger partial charge in [0.1, 0.15) is 12.7 Å². The highest BCUT2D eigenvalue weighted by molar-refractivity contribution is 7.47. The van der Waals surface area contributed by atoms with Crippen LogP contribution in [0.1, 0.15) is 200 Å². The van der Waals surface area contributed by atoms with Gasteiger partial charge in [0.05, 0.1) is 19.8 Å². The summed E-state index contributed by atoms with van der Waals surface area (Å²) < 4.78 is 32.7. The second-order valence-corrected chi connectivity index (χ2v) is 16.5. The summed E-state index contributed by atoms with van der Waals surface area (Å²) in [5, 5.41) is 18.3. The lowest BCUT2D eigenvalue weighted by molar-refractivity contribution is -0.161. The van der Waals surface area contributed by atoms with Crippen molar-refractivity contribution in [2.75, 3.05) is 26.4 Å². The van der Waals surface area contributed by atoms with Crippen LogP contribution in [0.3, 0.4) is 0 Å². The number of phosphoric ester groups is 1. The second kappa shape index (κ2) is 41.4. The van der Waals surface area contributed by atoms with Gasteiger partial charge in [0.15, 0.2) is 6.10 Å². The van der Waals surface area contributed by atoms with Gasteiger partial charge in [0, 0.05) is 12.8 Å². The number of carbonyl (C=O) groups excluding carboxylic acids is 2. The number of hydrogen-bond acceptors (Lipinski definition) is 9. The van der Waals surface area contributed by atoms with Crippen molar-refractivity contribution in [2.24, 2.45) is 0 Å². The van der Waals surface area contributed by atoms with Crippen LogP contribution in [0.4, 0.5) is 0 Å². The standard InChI is InChI=1S/C45H83O10P/c1-3-5-7-9-11-13-15-17-19-20-21-22-23-25-27-29-31-33-35-37-45(49)55-43(41-54-56(50,51)53-39-42(47)38-46)40-52-44(48)36-34-32-30-28-26-24-18-16-14-12-10-8-6-4-2/h11,13,16-19,42-43,46-47H,3-10,12,14-15,20-41H2,1-2H3,(H,50,51)/b13-11+,18-16+,19-17+/t42-,43+/m0/s1. The number of phosphoric acid groups is 1. The molecule has 0 aromatic rings. The Morgan fingerprint density at radius 2 is 0.929 bits per heavy atom. The van der Waals surface area contributed by atoms with Gasteiger partial charge in [-0.2, -0.15) is 0 Å². The molecule has 0 saturated carbocycles. The Hall–Kier alpha value is -1.81. The largest absolute Gasteiger partial charge is 0.472 e. The van der Waals surface area contributed by atoms with Crippen molar-refractivity contribution in [1.82, 2.24) is 0 Å². The smallest absolute Gasteiger partial charge is 0.462 e. The van der Waals surface area contributed by atoms with Crippen LogP contribution in [0, 0.1) is 0 Å². The number of esters is 2. The highest BCUT2D eigenvalue weighted by Gasteiger charge is 2.27. The van der Waals surface area contributed by atoms with Crippen molar-refractivity contribution in [3.05, 3.63) is 36.5 Å². The lowest BCUT2D eigenvalue weighted by Crippen LogP contribution is -2.29. The minimum Gasteiger partial charge on any atom is -0.462 e. The molecule has 0 rings (SSSR count). The molecular weight excluding hydrogens is 731 g/mol. The Balaban J connectivity index is 4.27. The van der Waals surface area contributed by atoms with Crippen LogP contribution in [0.5, 0.6) is 0 Å². The molecule has 56 heavy (non-hydrogen) atoms. The molecule has 0 aliphatic rings. The van der Waals surface area contributed by atoms with Crippen molar-refractivity contribution in [2.45, 2.75) is 212 Å². The van der Waals surface area contributed by atoms with E-state index in [1.54, 1.807) is 0 Å². The average molecular weight is 815 g/mol. The van der Waals surface area contributed by atoms with E-state index in [0.29, 0.717) is 12.8 Å². The molecule has 0 aromatic carbocycles. The highest BCUT2D eigenvalue weighted by atomic mass is 31.2. The first-order valence-corrected chi connectivity index (χ1v) is 23.9. The van der Waals surface area contributed by atoms with Gasteiger partial charge < -0.3 is 24.6 Å². The molecule has 11 heteroatoms. The first-order chi connectivity index (χ1) is 27.2. The number of allylic oxidation sites excluding steroid dienone is 6. The molecule has 1 unspecified atom stereocenters. The van der Waals surface area contributed by atoms with E-state index in [0.717, 1.165) is 70.6 Å². The maximum Gasteiger partial charge on any atom is 0.472 e. The first-order valence-electron chi connectivity index (χ1n) is 22.4. The van der Waals surface area contributed by atoms with Crippen LogP contribution in [0.15, 0.2) is 36.5 Å². The molecule has 3 atom stereocenters. The number of unbranched alkanes of at least 4 members (excludes halogenated alkanes) is 22. The Bertz CT molecular complexity index is 1030. The van der Waals surface area contributed by atoms with E-state index in [1.165, 1.54) is 89.9 Å². The van der Waals surface area contributed by atoms with Gasteiger partial charge in [-0.25, -0.2) is 4.57 Å². The van der Waals surface area contributed by atoms with Crippen LogP contribution in [-0.2, 0) is 32.7 Å². The summed E-state index contributed by atoms with van der Waals surface area (Å²) >= 11 is 0. The van der Waals surface area contributed by atoms with E-state index in [2.05, 4.69) is 50.3 Å². The van der Waals surface area contributed by atoms with E-state index < -0.39 is 51.8 Å². The summed E-state index contributed by atoms with van der Waals surface area (Å²) in [6, 6.07) is 0. The van der Waals surface area contributed by atoms with Gasteiger partial charge in [-0.1, -0.05) is 153 Å². The zero-order valence-corrected chi connectivity index (χ0v) is 36.5. The number of aliphatic hydroxyl groups excluding tert-OH is 2.